The van der Waals surface area contributed by atoms with Crippen molar-refractivity contribution in [2.45, 2.75) is 26.6 Å². The van der Waals surface area contributed by atoms with Gasteiger partial charge in [-0.1, -0.05) is 6.92 Å². The molecule has 0 aliphatic heterocycles. The molecule has 0 radical (unpaired) electrons. The highest BCUT2D eigenvalue weighted by molar-refractivity contribution is 7.13. The predicted molar refractivity (Wildman–Crippen MR) is 63.4 cm³/mol. The molecule has 0 amide bonds. The Morgan fingerprint density at radius 1 is 1.41 bits per heavy atom. The van der Waals surface area contributed by atoms with Gasteiger partial charge in [0.1, 0.15) is 6.54 Å². The van der Waals surface area contributed by atoms with Gasteiger partial charge in [0.25, 0.3) is 0 Å². The summed E-state index contributed by atoms with van der Waals surface area (Å²) >= 11 is 1.25. The minimum absolute atomic E-state index is 0.299. The second kappa shape index (κ2) is 6.20. The molecule has 1 aromatic rings. The van der Waals surface area contributed by atoms with Gasteiger partial charge in [0.05, 0.1) is 5.69 Å². The van der Waals surface area contributed by atoms with Crippen LogP contribution in [0.3, 0.4) is 0 Å². The molecule has 7 heteroatoms. The highest BCUT2D eigenvalue weighted by Gasteiger charge is 2.31. The Hall–Kier alpha value is -0.820. The van der Waals surface area contributed by atoms with Crippen LogP contribution in [0.4, 0.5) is 18.3 Å². The van der Waals surface area contributed by atoms with Gasteiger partial charge in [0.2, 0.25) is 0 Å². The van der Waals surface area contributed by atoms with E-state index in [2.05, 4.69) is 10.3 Å². The Kier molecular flexibility index (Phi) is 5.20. The number of rotatable bonds is 6. The van der Waals surface area contributed by atoms with E-state index in [9.17, 15) is 13.2 Å². The first-order chi connectivity index (χ1) is 7.96. The molecular formula is C10H16F3N3S. The summed E-state index contributed by atoms with van der Waals surface area (Å²) in [5, 5.41) is 5.30. The molecule has 17 heavy (non-hydrogen) atoms. The molecule has 0 saturated carbocycles. The quantitative estimate of drug-likeness (QED) is 0.859. The van der Waals surface area contributed by atoms with E-state index in [1.807, 2.05) is 6.92 Å². The molecule has 0 bridgehead atoms. The molecule has 1 heterocycles. The Labute approximate surface area is 103 Å². The Morgan fingerprint density at radius 3 is 2.65 bits per heavy atom. The third-order valence-corrected chi connectivity index (χ3v) is 3.07. The summed E-state index contributed by atoms with van der Waals surface area (Å²) in [5.41, 5.74) is 0.785. The molecular weight excluding hydrogens is 251 g/mol. The molecule has 0 aliphatic carbocycles. The van der Waals surface area contributed by atoms with Gasteiger partial charge in [0, 0.05) is 18.5 Å². The minimum atomic E-state index is -4.19. The molecule has 3 nitrogen and oxygen atoms in total. The zero-order valence-corrected chi connectivity index (χ0v) is 10.7. The summed E-state index contributed by atoms with van der Waals surface area (Å²) in [6.07, 6.45) is -4.19. The third-order valence-electron chi connectivity index (χ3n) is 2.12. The highest BCUT2D eigenvalue weighted by Crippen LogP contribution is 2.25. The van der Waals surface area contributed by atoms with Crippen LogP contribution in [0.2, 0.25) is 0 Å². The Balaban J connectivity index is 2.65. The van der Waals surface area contributed by atoms with Crippen molar-refractivity contribution in [1.82, 2.24) is 10.3 Å². The van der Waals surface area contributed by atoms with E-state index in [0.717, 1.165) is 12.2 Å². The number of aromatic nitrogens is 1. The zero-order valence-electron chi connectivity index (χ0n) is 9.84. The molecule has 1 rings (SSSR count). The van der Waals surface area contributed by atoms with Crippen LogP contribution in [0.15, 0.2) is 5.38 Å². The summed E-state index contributed by atoms with van der Waals surface area (Å²) in [4.78, 5) is 5.42. The standard InChI is InChI=1S/C10H16F3N3S/c1-3-14-5-8-6-17-9(15-8)16(4-2)7-10(11,12)13/h6,14H,3-5,7H2,1-2H3. The Morgan fingerprint density at radius 2 is 2.12 bits per heavy atom. The van der Waals surface area contributed by atoms with Gasteiger partial charge in [0.15, 0.2) is 5.13 Å². The highest BCUT2D eigenvalue weighted by atomic mass is 32.1. The van der Waals surface area contributed by atoms with Crippen LogP contribution in [-0.2, 0) is 6.54 Å². The molecule has 0 saturated heterocycles. The third kappa shape index (κ3) is 4.91. The van der Waals surface area contributed by atoms with Crippen molar-refractivity contribution in [2.75, 3.05) is 24.5 Å². The van der Waals surface area contributed by atoms with Gasteiger partial charge in [-0.2, -0.15) is 13.2 Å². The number of thiazole rings is 1. The van der Waals surface area contributed by atoms with Crippen LogP contribution in [0.1, 0.15) is 19.5 Å². The lowest BCUT2D eigenvalue weighted by molar-refractivity contribution is -0.119. The van der Waals surface area contributed by atoms with E-state index < -0.39 is 12.7 Å². The van der Waals surface area contributed by atoms with Gasteiger partial charge >= 0.3 is 6.18 Å². The van der Waals surface area contributed by atoms with Gasteiger partial charge < -0.3 is 10.2 Å². The van der Waals surface area contributed by atoms with Crippen molar-refractivity contribution in [1.29, 1.82) is 0 Å². The van der Waals surface area contributed by atoms with E-state index in [1.165, 1.54) is 16.2 Å². The van der Waals surface area contributed by atoms with Gasteiger partial charge in [-0.25, -0.2) is 4.98 Å². The van der Waals surface area contributed by atoms with Crippen LogP contribution in [0.5, 0.6) is 0 Å². The number of anilines is 1. The second-order valence-corrected chi connectivity index (χ2v) is 4.37. The average molecular weight is 267 g/mol. The van der Waals surface area contributed by atoms with E-state index in [-0.39, 0.29) is 0 Å². The number of hydrogen-bond donors (Lipinski definition) is 1. The topological polar surface area (TPSA) is 28.2 Å². The van der Waals surface area contributed by atoms with Crippen molar-refractivity contribution in [2.24, 2.45) is 0 Å². The number of nitrogens with zero attached hydrogens (tertiary/aromatic N) is 2. The maximum atomic E-state index is 12.3. The smallest absolute Gasteiger partial charge is 0.339 e. The largest absolute Gasteiger partial charge is 0.406 e. The van der Waals surface area contributed by atoms with E-state index >= 15 is 0 Å². The Bertz CT molecular complexity index is 338. The van der Waals surface area contributed by atoms with Crippen molar-refractivity contribution < 1.29 is 13.2 Å². The number of hydrogen-bond acceptors (Lipinski definition) is 4. The normalized spacial score (nSPS) is 11.8. The molecule has 1 aromatic heterocycles. The molecule has 0 unspecified atom stereocenters. The van der Waals surface area contributed by atoms with Crippen molar-refractivity contribution in [3.8, 4) is 0 Å². The molecule has 0 atom stereocenters. The van der Waals surface area contributed by atoms with E-state index in [1.54, 1.807) is 12.3 Å². The average Bonchev–Trinajstić information content (AvgIpc) is 2.70. The molecule has 98 valence electrons. The maximum Gasteiger partial charge on any atom is 0.406 e. The molecule has 0 fully saturated rings. The number of halogens is 3. The van der Waals surface area contributed by atoms with Crippen LogP contribution in [0.25, 0.3) is 0 Å². The van der Waals surface area contributed by atoms with Crippen LogP contribution in [-0.4, -0.2) is 30.8 Å². The lowest BCUT2D eigenvalue weighted by Gasteiger charge is -2.21. The van der Waals surface area contributed by atoms with Crippen LogP contribution in [0, 0.1) is 0 Å². The van der Waals surface area contributed by atoms with E-state index in [0.29, 0.717) is 18.2 Å². The summed E-state index contributed by atoms with van der Waals surface area (Å²) < 4.78 is 36.9. The van der Waals surface area contributed by atoms with Crippen LogP contribution >= 0.6 is 11.3 Å². The predicted octanol–water partition coefficient (Wildman–Crippen LogP) is 2.64. The number of nitrogens with one attached hydrogen (secondary N) is 1. The second-order valence-electron chi connectivity index (χ2n) is 3.53. The fourth-order valence-electron chi connectivity index (χ4n) is 1.31. The van der Waals surface area contributed by atoms with Gasteiger partial charge in [-0.05, 0) is 13.5 Å². The first-order valence-corrected chi connectivity index (χ1v) is 6.31. The lowest BCUT2D eigenvalue weighted by Crippen LogP contribution is -2.34. The zero-order chi connectivity index (χ0) is 12.9. The van der Waals surface area contributed by atoms with E-state index in [4.69, 9.17) is 0 Å². The van der Waals surface area contributed by atoms with Crippen molar-refractivity contribution in [3.63, 3.8) is 0 Å². The summed E-state index contributed by atoms with van der Waals surface area (Å²) in [6, 6.07) is 0. The maximum absolute atomic E-state index is 12.3. The first-order valence-electron chi connectivity index (χ1n) is 5.43. The first kappa shape index (κ1) is 14.2. The molecule has 1 N–H and O–H groups in total. The fourth-order valence-corrected chi connectivity index (χ4v) is 2.20. The molecule has 0 spiro atoms. The number of alkyl halides is 3. The SMILES string of the molecule is CCNCc1csc(N(CC)CC(F)(F)F)n1. The summed E-state index contributed by atoms with van der Waals surface area (Å²) in [5.74, 6) is 0. The summed E-state index contributed by atoms with van der Waals surface area (Å²) in [7, 11) is 0. The van der Waals surface area contributed by atoms with Crippen LogP contribution < -0.4 is 10.2 Å². The monoisotopic (exact) mass is 267 g/mol. The lowest BCUT2D eigenvalue weighted by atomic mass is 10.5. The fraction of sp³-hybridized carbons (Fsp3) is 0.700. The molecule has 0 aromatic carbocycles. The minimum Gasteiger partial charge on any atom is -0.339 e. The van der Waals surface area contributed by atoms with Gasteiger partial charge in [-0.3, -0.25) is 0 Å². The summed E-state index contributed by atoms with van der Waals surface area (Å²) in [6.45, 7) is 4.42. The van der Waals surface area contributed by atoms with Gasteiger partial charge in [-0.15, -0.1) is 11.3 Å². The van der Waals surface area contributed by atoms with Crippen molar-refractivity contribution in [3.05, 3.63) is 11.1 Å². The molecule has 0 aliphatic rings. The van der Waals surface area contributed by atoms with Crippen molar-refractivity contribution >= 4 is 16.5 Å².